The van der Waals surface area contributed by atoms with Crippen LogP contribution in [0.1, 0.15) is 34.1 Å². The maximum atomic E-state index is 8.34. The average molecular weight is 142 g/mol. The summed E-state index contributed by atoms with van der Waals surface area (Å²) in [6, 6.07) is 2.20. The van der Waals surface area contributed by atoms with Crippen molar-refractivity contribution in [2.24, 2.45) is 0 Å². The molecule has 0 aromatic heterocycles. The molecule has 0 spiro atoms. The third kappa shape index (κ3) is 7.45. The standard InChI is InChI=1S/C6H12N2.C2H6/c1-3-6(5-7)8-4-2;1-2/h6,8H,3-4H2,1-2H3;1-2H3. The molecule has 60 valence electrons. The molecule has 2 nitrogen and oxygen atoms in total. The van der Waals surface area contributed by atoms with E-state index in [-0.39, 0.29) is 6.04 Å². The zero-order chi connectivity index (χ0) is 8.41. The smallest absolute Gasteiger partial charge is 0.0950 e. The molecule has 0 saturated heterocycles. The van der Waals surface area contributed by atoms with Gasteiger partial charge in [0.25, 0.3) is 0 Å². The van der Waals surface area contributed by atoms with Crippen LogP contribution in [0.5, 0.6) is 0 Å². The lowest BCUT2D eigenvalue weighted by Crippen LogP contribution is -2.25. The first-order chi connectivity index (χ1) is 4.85. The first kappa shape index (κ1) is 12.2. The van der Waals surface area contributed by atoms with Crippen LogP contribution >= 0.6 is 0 Å². The van der Waals surface area contributed by atoms with Crippen molar-refractivity contribution < 1.29 is 0 Å². The lowest BCUT2D eigenvalue weighted by atomic mass is 10.2. The molecule has 0 aliphatic carbocycles. The minimum atomic E-state index is 0.0556. The topological polar surface area (TPSA) is 35.8 Å². The molecular formula is C8H18N2. The van der Waals surface area contributed by atoms with Crippen LogP contribution < -0.4 is 5.32 Å². The van der Waals surface area contributed by atoms with Crippen molar-refractivity contribution >= 4 is 0 Å². The lowest BCUT2D eigenvalue weighted by molar-refractivity contribution is 0.609. The highest BCUT2D eigenvalue weighted by molar-refractivity contribution is 4.87. The van der Waals surface area contributed by atoms with E-state index in [1.807, 2.05) is 27.7 Å². The molecule has 0 radical (unpaired) electrons. The second-order valence-corrected chi connectivity index (χ2v) is 1.65. The van der Waals surface area contributed by atoms with E-state index in [4.69, 9.17) is 5.26 Å². The Morgan fingerprint density at radius 1 is 1.40 bits per heavy atom. The van der Waals surface area contributed by atoms with E-state index in [2.05, 4.69) is 11.4 Å². The van der Waals surface area contributed by atoms with E-state index in [1.54, 1.807) is 0 Å². The summed E-state index contributed by atoms with van der Waals surface area (Å²) in [5.41, 5.74) is 0. The predicted octanol–water partition coefficient (Wildman–Crippen LogP) is 1.92. The van der Waals surface area contributed by atoms with Crippen molar-refractivity contribution in [1.29, 1.82) is 5.26 Å². The summed E-state index contributed by atoms with van der Waals surface area (Å²) >= 11 is 0. The monoisotopic (exact) mass is 142 g/mol. The van der Waals surface area contributed by atoms with E-state index in [9.17, 15) is 0 Å². The molecule has 2 heteroatoms. The Morgan fingerprint density at radius 2 is 1.90 bits per heavy atom. The van der Waals surface area contributed by atoms with Gasteiger partial charge < -0.3 is 5.32 Å². The third-order valence-electron chi connectivity index (χ3n) is 1.01. The fraction of sp³-hybridized carbons (Fsp3) is 0.875. The molecule has 1 unspecified atom stereocenters. The Kier molecular flexibility index (Phi) is 13.7. The van der Waals surface area contributed by atoms with Crippen LogP contribution in [0.2, 0.25) is 0 Å². The summed E-state index contributed by atoms with van der Waals surface area (Å²) in [5.74, 6) is 0. The Morgan fingerprint density at radius 3 is 2.00 bits per heavy atom. The van der Waals surface area contributed by atoms with Gasteiger partial charge >= 0.3 is 0 Å². The second-order valence-electron chi connectivity index (χ2n) is 1.65. The third-order valence-corrected chi connectivity index (χ3v) is 1.01. The van der Waals surface area contributed by atoms with E-state index < -0.39 is 0 Å². The fourth-order valence-electron chi connectivity index (χ4n) is 0.528. The van der Waals surface area contributed by atoms with Gasteiger partial charge in [0.15, 0.2) is 0 Å². The molecule has 0 heterocycles. The van der Waals surface area contributed by atoms with Gasteiger partial charge in [-0.05, 0) is 13.0 Å². The molecule has 10 heavy (non-hydrogen) atoms. The molecule has 0 aromatic carbocycles. The summed E-state index contributed by atoms with van der Waals surface area (Å²) in [6.45, 7) is 8.88. The van der Waals surface area contributed by atoms with Gasteiger partial charge in [-0.3, -0.25) is 0 Å². The van der Waals surface area contributed by atoms with Gasteiger partial charge in [0.05, 0.1) is 12.1 Å². The summed E-state index contributed by atoms with van der Waals surface area (Å²) in [7, 11) is 0. The number of rotatable bonds is 3. The average Bonchev–Trinajstić information content (AvgIpc) is 2.04. The van der Waals surface area contributed by atoms with Crippen molar-refractivity contribution in [1.82, 2.24) is 5.32 Å². The molecule has 1 atom stereocenters. The van der Waals surface area contributed by atoms with E-state index in [1.165, 1.54) is 0 Å². The summed E-state index contributed by atoms with van der Waals surface area (Å²) in [5, 5.41) is 11.4. The van der Waals surface area contributed by atoms with Gasteiger partial charge in [0.2, 0.25) is 0 Å². The van der Waals surface area contributed by atoms with Crippen molar-refractivity contribution in [2.75, 3.05) is 6.54 Å². The predicted molar refractivity (Wildman–Crippen MR) is 44.7 cm³/mol. The quantitative estimate of drug-likeness (QED) is 0.653. The zero-order valence-corrected chi connectivity index (χ0v) is 7.44. The van der Waals surface area contributed by atoms with E-state index in [0.717, 1.165) is 13.0 Å². The summed E-state index contributed by atoms with van der Waals surface area (Å²) in [4.78, 5) is 0. The maximum absolute atomic E-state index is 8.34. The van der Waals surface area contributed by atoms with Crippen LogP contribution in [0, 0.1) is 11.3 Å². The Hall–Kier alpha value is -0.550. The first-order valence-electron chi connectivity index (χ1n) is 3.98. The Balaban J connectivity index is 0. The minimum absolute atomic E-state index is 0.0556. The summed E-state index contributed by atoms with van der Waals surface area (Å²) < 4.78 is 0. The van der Waals surface area contributed by atoms with Crippen molar-refractivity contribution in [3.05, 3.63) is 0 Å². The maximum Gasteiger partial charge on any atom is 0.0950 e. The van der Waals surface area contributed by atoms with Crippen LogP contribution in [0.15, 0.2) is 0 Å². The molecule has 1 N–H and O–H groups in total. The molecule has 0 rings (SSSR count). The van der Waals surface area contributed by atoms with Crippen LogP contribution in [-0.2, 0) is 0 Å². The number of nitrogens with one attached hydrogen (secondary N) is 1. The Labute approximate surface area is 64.2 Å². The molecule has 0 aliphatic rings. The van der Waals surface area contributed by atoms with Crippen LogP contribution in [0.3, 0.4) is 0 Å². The van der Waals surface area contributed by atoms with E-state index >= 15 is 0 Å². The molecule has 0 aromatic rings. The highest BCUT2D eigenvalue weighted by atomic mass is 14.9. The van der Waals surface area contributed by atoms with Crippen molar-refractivity contribution in [3.8, 4) is 6.07 Å². The first-order valence-corrected chi connectivity index (χ1v) is 3.98. The lowest BCUT2D eigenvalue weighted by Gasteiger charge is -2.03. The molecule has 0 bridgehead atoms. The minimum Gasteiger partial charge on any atom is -0.302 e. The molecule has 0 fully saturated rings. The van der Waals surface area contributed by atoms with Crippen LogP contribution in [-0.4, -0.2) is 12.6 Å². The van der Waals surface area contributed by atoms with Crippen molar-refractivity contribution in [3.63, 3.8) is 0 Å². The largest absolute Gasteiger partial charge is 0.302 e. The van der Waals surface area contributed by atoms with Crippen LogP contribution in [0.4, 0.5) is 0 Å². The van der Waals surface area contributed by atoms with Gasteiger partial charge in [0.1, 0.15) is 0 Å². The fourth-order valence-corrected chi connectivity index (χ4v) is 0.528. The van der Waals surface area contributed by atoms with Crippen LogP contribution in [0.25, 0.3) is 0 Å². The Bertz CT molecular complexity index is 83.7. The number of nitrogens with zero attached hydrogens (tertiary/aromatic N) is 1. The van der Waals surface area contributed by atoms with Gasteiger partial charge in [-0.2, -0.15) is 5.26 Å². The highest BCUT2D eigenvalue weighted by Gasteiger charge is 1.97. The highest BCUT2D eigenvalue weighted by Crippen LogP contribution is 1.84. The van der Waals surface area contributed by atoms with E-state index in [0.29, 0.717) is 0 Å². The number of hydrogen-bond acceptors (Lipinski definition) is 2. The summed E-state index contributed by atoms with van der Waals surface area (Å²) in [6.07, 6.45) is 0.893. The molecular weight excluding hydrogens is 124 g/mol. The van der Waals surface area contributed by atoms with Gasteiger partial charge in [-0.25, -0.2) is 0 Å². The van der Waals surface area contributed by atoms with Gasteiger partial charge in [0, 0.05) is 0 Å². The normalized spacial score (nSPS) is 10.7. The second kappa shape index (κ2) is 11.3. The van der Waals surface area contributed by atoms with Gasteiger partial charge in [-0.15, -0.1) is 0 Å². The van der Waals surface area contributed by atoms with Crippen molar-refractivity contribution in [2.45, 2.75) is 40.2 Å². The number of hydrogen-bond donors (Lipinski definition) is 1. The molecule has 0 saturated carbocycles. The molecule has 0 amide bonds. The molecule has 0 aliphatic heterocycles. The number of nitriles is 1. The SMILES string of the molecule is CC.CCNC(C#N)CC. The van der Waals surface area contributed by atoms with Gasteiger partial charge in [-0.1, -0.05) is 27.7 Å². The zero-order valence-electron chi connectivity index (χ0n) is 7.44.